The number of aryl methyl sites for hydroxylation is 1. The van der Waals surface area contributed by atoms with Crippen LogP contribution in [-0.4, -0.2) is 59.0 Å². The number of amides is 1. The van der Waals surface area contributed by atoms with E-state index in [1.54, 1.807) is 0 Å². The van der Waals surface area contributed by atoms with Gasteiger partial charge in [0.25, 0.3) is 5.91 Å². The molecule has 1 amide bonds. The molecule has 0 radical (unpaired) electrons. The summed E-state index contributed by atoms with van der Waals surface area (Å²) in [5.41, 5.74) is 1.93. The first-order valence-corrected chi connectivity index (χ1v) is 9.96. The van der Waals surface area contributed by atoms with Gasteiger partial charge in [-0.25, -0.2) is 4.98 Å². The molecule has 6 heteroatoms. The molecule has 2 aromatic heterocycles. The quantitative estimate of drug-likeness (QED) is 0.680. The molecule has 0 bridgehead atoms. The van der Waals surface area contributed by atoms with Crippen molar-refractivity contribution in [1.82, 2.24) is 19.4 Å². The smallest absolute Gasteiger partial charge is 0.289 e. The molecule has 1 aliphatic heterocycles. The SMILES string of the molecule is Cc1ccc2oc(C(=O)N3CCCC(c4nccn4CCN(C)C)C3)cc2c1. The molecule has 28 heavy (non-hydrogen) atoms. The third-order valence-electron chi connectivity index (χ3n) is 5.49. The normalized spacial score (nSPS) is 17.6. The lowest BCUT2D eigenvalue weighted by atomic mass is 9.97. The van der Waals surface area contributed by atoms with Gasteiger partial charge < -0.3 is 18.8 Å². The van der Waals surface area contributed by atoms with E-state index in [0.29, 0.717) is 12.3 Å². The summed E-state index contributed by atoms with van der Waals surface area (Å²) in [5.74, 6) is 1.75. The number of hydrogen-bond donors (Lipinski definition) is 0. The van der Waals surface area contributed by atoms with Gasteiger partial charge in [0.2, 0.25) is 0 Å². The molecule has 0 spiro atoms. The maximum Gasteiger partial charge on any atom is 0.289 e. The van der Waals surface area contributed by atoms with Crippen molar-refractivity contribution < 1.29 is 9.21 Å². The van der Waals surface area contributed by atoms with Crippen LogP contribution >= 0.6 is 0 Å². The Bertz CT molecular complexity index is 972. The van der Waals surface area contributed by atoms with Gasteiger partial charge in [-0.2, -0.15) is 0 Å². The number of piperidine rings is 1. The second-order valence-electron chi connectivity index (χ2n) is 8.02. The van der Waals surface area contributed by atoms with Gasteiger partial charge in [0.15, 0.2) is 5.76 Å². The van der Waals surface area contributed by atoms with Crippen molar-refractivity contribution in [1.29, 1.82) is 0 Å². The number of fused-ring (bicyclic) bond motifs is 1. The number of furan rings is 1. The molecule has 1 saturated heterocycles. The highest BCUT2D eigenvalue weighted by Crippen LogP contribution is 2.28. The van der Waals surface area contributed by atoms with Crippen LogP contribution in [0.4, 0.5) is 0 Å². The fraction of sp³-hybridized carbons (Fsp3) is 0.455. The highest BCUT2D eigenvalue weighted by Gasteiger charge is 2.29. The standard InChI is InChI=1S/C22H28N4O2/c1-16-6-7-19-18(13-16)14-20(28-19)22(27)26-9-4-5-17(15-26)21-23-8-10-25(21)12-11-24(2)3/h6-8,10,13-14,17H,4-5,9,11-12,15H2,1-3H3. The summed E-state index contributed by atoms with van der Waals surface area (Å²) in [7, 11) is 4.15. The van der Waals surface area contributed by atoms with E-state index in [1.807, 2.05) is 42.4 Å². The summed E-state index contributed by atoms with van der Waals surface area (Å²) in [6.45, 7) is 5.38. The summed E-state index contributed by atoms with van der Waals surface area (Å²) < 4.78 is 8.06. The summed E-state index contributed by atoms with van der Waals surface area (Å²) in [6, 6.07) is 7.86. The fourth-order valence-corrected chi connectivity index (χ4v) is 3.97. The van der Waals surface area contributed by atoms with Crippen LogP contribution < -0.4 is 0 Å². The molecular weight excluding hydrogens is 352 g/mol. The molecule has 148 valence electrons. The molecule has 6 nitrogen and oxygen atoms in total. The minimum Gasteiger partial charge on any atom is -0.451 e. The summed E-state index contributed by atoms with van der Waals surface area (Å²) in [5, 5.41) is 0.983. The summed E-state index contributed by atoms with van der Waals surface area (Å²) in [6.07, 6.45) is 5.95. The number of likely N-dealkylation sites (tertiary alicyclic amines) is 1. The van der Waals surface area contributed by atoms with Crippen molar-refractivity contribution in [2.45, 2.75) is 32.2 Å². The Labute approximate surface area is 165 Å². The highest BCUT2D eigenvalue weighted by atomic mass is 16.3. The van der Waals surface area contributed by atoms with Gasteiger partial charge in [-0.1, -0.05) is 11.6 Å². The third kappa shape index (κ3) is 3.83. The number of likely N-dealkylation sites (N-methyl/N-ethyl adjacent to an activating group) is 1. The van der Waals surface area contributed by atoms with Gasteiger partial charge in [-0.15, -0.1) is 0 Å². The lowest BCUT2D eigenvalue weighted by Crippen LogP contribution is -2.39. The monoisotopic (exact) mass is 380 g/mol. The Morgan fingerprint density at radius 1 is 1.32 bits per heavy atom. The van der Waals surface area contributed by atoms with E-state index in [4.69, 9.17) is 4.42 Å². The van der Waals surface area contributed by atoms with Gasteiger partial charge in [-0.05, 0) is 52.1 Å². The van der Waals surface area contributed by atoms with Crippen LogP contribution in [-0.2, 0) is 6.54 Å². The first-order valence-electron chi connectivity index (χ1n) is 9.96. The molecule has 1 fully saturated rings. The van der Waals surface area contributed by atoms with E-state index in [2.05, 4.69) is 34.6 Å². The lowest BCUT2D eigenvalue weighted by molar-refractivity contribution is 0.0673. The van der Waals surface area contributed by atoms with Gasteiger partial charge in [0.1, 0.15) is 11.4 Å². The zero-order valence-electron chi connectivity index (χ0n) is 16.9. The molecule has 1 atom stereocenters. The number of nitrogens with zero attached hydrogens (tertiary/aromatic N) is 4. The summed E-state index contributed by atoms with van der Waals surface area (Å²) in [4.78, 5) is 21.8. The maximum absolute atomic E-state index is 13.1. The number of imidazole rings is 1. The minimum absolute atomic E-state index is 0.0232. The van der Waals surface area contributed by atoms with Gasteiger partial charge >= 0.3 is 0 Å². The molecule has 0 saturated carbocycles. The van der Waals surface area contributed by atoms with Crippen LogP contribution in [0.5, 0.6) is 0 Å². The summed E-state index contributed by atoms with van der Waals surface area (Å²) >= 11 is 0. The van der Waals surface area contributed by atoms with E-state index >= 15 is 0 Å². The van der Waals surface area contributed by atoms with Gasteiger partial charge in [0, 0.05) is 49.9 Å². The van der Waals surface area contributed by atoms with Crippen molar-refractivity contribution >= 4 is 16.9 Å². The van der Waals surface area contributed by atoms with E-state index < -0.39 is 0 Å². The number of benzene rings is 1. The van der Waals surface area contributed by atoms with Crippen molar-refractivity contribution in [3.63, 3.8) is 0 Å². The first kappa shape index (κ1) is 18.7. The van der Waals surface area contributed by atoms with Crippen LogP contribution in [0.3, 0.4) is 0 Å². The molecule has 1 unspecified atom stereocenters. The Morgan fingerprint density at radius 3 is 3.00 bits per heavy atom. The van der Waals surface area contributed by atoms with Crippen molar-refractivity contribution in [2.24, 2.45) is 0 Å². The van der Waals surface area contributed by atoms with E-state index in [0.717, 1.165) is 54.8 Å². The minimum atomic E-state index is -0.0232. The molecule has 3 aromatic rings. The molecule has 4 rings (SSSR count). The van der Waals surface area contributed by atoms with Gasteiger partial charge in [-0.3, -0.25) is 4.79 Å². The Balaban J connectivity index is 1.50. The number of carbonyl (C=O) groups is 1. The Morgan fingerprint density at radius 2 is 2.18 bits per heavy atom. The molecular formula is C22H28N4O2. The molecule has 1 aromatic carbocycles. The zero-order chi connectivity index (χ0) is 19.7. The van der Waals surface area contributed by atoms with E-state index in [1.165, 1.54) is 0 Å². The van der Waals surface area contributed by atoms with Crippen LogP contribution in [0.25, 0.3) is 11.0 Å². The van der Waals surface area contributed by atoms with E-state index in [9.17, 15) is 4.79 Å². The zero-order valence-corrected chi connectivity index (χ0v) is 16.9. The molecule has 0 aliphatic carbocycles. The Hall–Kier alpha value is -2.60. The van der Waals surface area contributed by atoms with Crippen molar-refractivity contribution in [3.05, 3.63) is 53.8 Å². The number of aromatic nitrogens is 2. The number of rotatable bonds is 5. The first-order chi connectivity index (χ1) is 13.5. The van der Waals surface area contributed by atoms with Crippen LogP contribution in [0.15, 0.2) is 41.1 Å². The molecule has 0 N–H and O–H groups in total. The average Bonchev–Trinajstić information content (AvgIpc) is 3.32. The van der Waals surface area contributed by atoms with Crippen molar-refractivity contribution in [2.75, 3.05) is 33.7 Å². The van der Waals surface area contributed by atoms with E-state index in [-0.39, 0.29) is 11.8 Å². The largest absolute Gasteiger partial charge is 0.451 e. The Kier molecular flexibility index (Phi) is 5.22. The predicted molar refractivity (Wildman–Crippen MR) is 110 cm³/mol. The average molecular weight is 380 g/mol. The fourth-order valence-electron chi connectivity index (χ4n) is 3.97. The molecule has 3 heterocycles. The highest BCUT2D eigenvalue weighted by molar-refractivity contribution is 5.96. The molecule has 1 aliphatic rings. The maximum atomic E-state index is 13.1. The predicted octanol–water partition coefficient (Wildman–Crippen LogP) is 3.52. The third-order valence-corrected chi connectivity index (χ3v) is 5.49. The second kappa shape index (κ2) is 7.80. The van der Waals surface area contributed by atoms with Crippen LogP contribution in [0.2, 0.25) is 0 Å². The number of hydrogen-bond acceptors (Lipinski definition) is 4. The lowest BCUT2D eigenvalue weighted by Gasteiger charge is -2.32. The van der Waals surface area contributed by atoms with Crippen LogP contribution in [0.1, 0.15) is 40.7 Å². The topological polar surface area (TPSA) is 54.5 Å². The second-order valence-corrected chi connectivity index (χ2v) is 8.02. The number of carbonyl (C=O) groups excluding carboxylic acids is 1. The van der Waals surface area contributed by atoms with Gasteiger partial charge in [0.05, 0.1) is 0 Å². The van der Waals surface area contributed by atoms with Crippen molar-refractivity contribution in [3.8, 4) is 0 Å². The van der Waals surface area contributed by atoms with Crippen LogP contribution in [0, 0.1) is 6.92 Å².